The summed E-state index contributed by atoms with van der Waals surface area (Å²) in [6, 6.07) is 4.41. The smallest absolute Gasteiger partial charge is 0.0931 e. The van der Waals surface area contributed by atoms with Gasteiger partial charge in [0.2, 0.25) is 0 Å². The van der Waals surface area contributed by atoms with Gasteiger partial charge in [-0.3, -0.25) is 0 Å². The van der Waals surface area contributed by atoms with Crippen molar-refractivity contribution in [3.8, 4) is 0 Å². The molecule has 1 atom stereocenters. The molecule has 0 saturated carbocycles. The van der Waals surface area contributed by atoms with Crippen LogP contribution in [0.25, 0.3) is 0 Å². The summed E-state index contributed by atoms with van der Waals surface area (Å²) in [5.74, 6) is 0. The minimum absolute atomic E-state index is 0.130. The van der Waals surface area contributed by atoms with Crippen molar-refractivity contribution in [2.45, 2.75) is 38.8 Å². The third kappa shape index (κ3) is 4.06. The molecular weight excluding hydrogens is 242 g/mol. The number of hydrogen-bond donors (Lipinski definition) is 1. The van der Waals surface area contributed by atoms with E-state index in [1.807, 2.05) is 6.07 Å². The average Bonchev–Trinajstić information content (AvgIpc) is 2.66. The van der Waals surface area contributed by atoms with Crippen LogP contribution in [0.4, 0.5) is 0 Å². The third-order valence-electron chi connectivity index (χ3n) is 2.67. The molecule has 0 aliphatic heterocycles. The van der Waals surface area contributed by atoms with Crippen LogP contribution in [0.1, 0.15) is 38.1 Å². The van der Waals surface area contributed by atoms with Crippen molar-refractivity contribution < 1.29 is 4.74 Å². The van der Waals surface area contributed by atoms with Crippen molar-refractivity contribution in [3.63, 3.8) is 0 Å². The monoisotopic (exact) mass is 261 g/mol. The molecule has 0 aliphatic carbocycles. The number of halogens is 1. The van der Waals surface area contributed by atoms with Gasteiger partial charge in [-0.2, -0.15) is 0 Å². The van der Waals surface area contributed by atoms with Gasteiger partial charge in [0.1, 0.15) is 0 Å². The van der Waals surface area contributed by atoms with E-state index < -0.39 is 0 Å². The van der Waals surface area contributed by atoms with E-state index >= 15 is 0 Å². The Morgan fingerprint density at radius 1 is 1.50 bits per heavy atom. The summed E-state index contributed by atoms with van der Waals surface area (Å²) in [6.45, 7) is 7.16. The Morgan fingerprint density at radius 3 is 2.62 bits per heavy atom. The molecule has 2 nitrogen and oxygen atoms in total. The molecule has 0 aliphatic rings. The molecule has 1 rings (SSSR count). The van der Waals surface area contributed by atoms with Gasteiger partial charge >= 0.3 is 0 Å². The van der Waals surface area contributed by atoms with Gasteiger partial charge in [0, 0.05) is 24.6 Å². The summed E-state index contributed by atoms with van der Waals surface area (Å²) in [6.07, 6.45) is 1.05. The Hall–Kier alpha value is -0.0900. The van der Waals surface area contributed by atoms with Gasteiger partial charge in [-0.1, -0.05) is 18.5 Å². The summed E-state index contributed by atoms with van der Waals surface area (Å²) in [4.78, 5) is 1.29. The van der Waals surface area contributed by atoms with E-state index in [1.54, 1.807) is 18.4 Å². The van der Waals surface area contributed by atoms with Crippen molar-refractivity contribution >= 4 is 22.9 Å². The molecule has 16 heavy (non-hydrogen) atoms. The zero-order chi connectivity index (χ0) is 12.2. The van der Waals surface area contributed by atoms with E-state index in [-0.39, 0.29) is 5.60 Å². The number of thiophene rings is 1. The first-order chi connectivity index (χ1) is 7.48. The fourth-order valence-electron chi connectivity index (χ4n) is 1.40. The molecule has 0 spiro atoms. The van der Waals surface area contributed by atoms with Gasteiger partial charge in [-0.15, -0.1) is 11.3 Å². The average molecular weight is 262 g/mol. The lowest BCUT2D eigenvalue weighted by atomic mass is 10.1. The van der Waals surface area contributed by atoms with Gasteiger partial charge in [-0.05, 0) is 32.4 Å². The van der Waals surface area contributed by atoms with Crippen LogP contribution < -0.4 is 5.32 Å². The molecule has 0 amide bonds. The zero-order valence-electron chi connectivity index (χ0n) is 10.3. The molecule has 1 aromatic rings. The molecule has 0 saturated heterocycles. The number of hydrogen-bond acceptors (Lipinski definition) is 3. The summed E-state index contributed by atoms with van der Waals surface area (Å²) < 4.78 is 6.24. The van der Waals surface area contributed by atoms with Crippen molar-refractivity contribution in [2.24, 2.45) is 0 Å². The van der Waals surface area contributed by atoms with Crippen LogP contribution in [0.5, 0.6) is 0 Å². The molecule has 1 aromatic heterocycles. The molecule has 0 fully saturated rings. The SMILES string of the molecule is CCC(NCC(C)(C)OC)c1ccc(Cl)s1. The third-order valence-corrected chi connectivity index (χ3v) is 4.02. The summed E-state index contributed by atoms with van der Waals surface area (Å²) in [5.41, 5.74) is -0.130. The fraction of sp³-hybridized carbons (Fsp3) is 0.667. The van der Waals surface area contributed by atoms with Crippen LogP contribution in [-0.4, -0.2) is 19.3 Å². The summed E-state index contributed by atoms with van der Waals surface area (Å²) in [5, 5.41) is 3.52. The van der Waals surface area contributed by atoms with Gasteiger partial charge in [0.25, 0.3) is 0 Å². The molecule has 92 valence electrons. The summed E-state index contributed by atoms with van der Waals surface area (Å²) >= 11 is 7.59. The normalized spacial score (nSPS) is 14.1. The first kappa shape index (κ1) is 14.0. The zero-order valence-corrected chi connectivity index (χ0v) is 11.9. The predicted molar refractivity (Wildman–Crippen MR) is 71.5 cm³/mol. The quantitative estimate of drug-likeness (QED) is 0.840. The number of methoxy groups -OCH3 is 1. The van der Waals surface area contributed by atoms with E-state index in [0.717, 1.165) is 17.3 Å². The van der Waals surface area contributed by atoms with Crippen LogP contribution in [-0.2, 0) is 4.74 Å². The highest BCUT2D eigenvalue weighted by Crippen LogP contribution is 2.28. The highest BCUT2D eigenvalue weighted by Gasteiger charge is 2.19. The molecule has 1 heterocycles. The predicted octanol–water partition coefficient (Wildman–Crippen LogP) is 3.87. The topological polar surface area (TPSA) is 21.3 Å². The van der Waals surface area contributed by atoms with Crippen LogP contribution in [0.15, 0.2) is 12.1 Å². The standard InChI is InChI=1S/C12H20ClNOS/c1-5-9(10-6-7-11(13)16-10)14-8-12(2,3)15-4/h6-7,9,14H,5,8H2,1-4H3. The Labute approximate surface area is 107 Å². The van der Waals surface area contributed by atoms with Gasteiger partial charge in [0.05, 0.1) is 9.94 Å². The second-order valence-corrected chi connectivity index (χ2v) is 6.19. The van der Waals surface area contributed by atoms with E-state index in [0.29, 0.717) is 6.04 Å². The molecule has 4 heteroatoms. The lowest BCUT2D eigenvalue weighted by Gasteiger charge is -2.26. The summed E-state index contributed by atoms with van der Waals surface area (Å²) in [7, 11) is 1.74. The van der Waals surface area contributed by atoms with Crippen LogP contribution in [0, 0.1) is 0 Å². The number of rotatable bonds is 6. The van der Waals surface area contributed by atoms with Crippen molar-refractivity contribution in [1.82, 2.24) is 5.32 Å². The Kier molecular flexibility index (Phi) is 5.25. The maximum absolute atomic E-state index is 5.94. The second kappa shape index (κ2) is 6.01. The van der Waals surface area contributed by atoms with Crippen molar-refractivity contribution in [3.05, 3.63) is 21.3 Å². The molecule has 0 bridgehead atoms. The van der Waals surface area contributed by atoms with E-state index in [1.165, 1.54) is 4.88 Å². The van der Waals surface area contributed by atoms with Crippen LogP contribution >= 0.6 is 22.9 Å². The Balaban J connectivity index is 2.56. The fourth-order valence-corrected chi connectivity index (χ4v) is 2.62. The number of ether oxygens (including phenoxy) is 1. The van der Waals surface area contributed by atoms with Crippen LogP contribution in [0.2, 0.25) is 4.34 Å². The highest BCUT2D eigenvalue weighted by atomic mass is 35.5. The van der Waals surface area contributed by atoms with E-state index in [4.69, 9.17) is 16.3 Å². The highest BCUT2D eigenvalue weighted by molar-refractivity contribution is 7.16. The van der Waals surface area contributed by atoms with Gasteiger partial charge < -0.3 is 10.1 Å². The lowest BCUT2D eigenvalue weighted by Crippen LogP contribution is -2.38. The van der Waals surface area contributed by atoms with E-state index in [2.05, 4.69) is 32.2 Å². The Bertz CT molecular complexity index is 325. The minimum atomic E-state index is -0.130. The molecule has 1 unspecified atom stereocenters. The number of nitrogens with one attached hydrogen (secondary N) is 1. The van der Waals surface area contributed by atoms with Crippen LogP contribution in [0.3, 0.4) is 0 Å². The largest absolute Gasteiger partial charge is 0.377 e. The first-order valence-corrected chi connectivity index (χ1v) is 6.71. The molecular formula is C12H20ClNOS. The van der Waals surface area contributed by atoms with Gasteiger partial charge in [0.15, 0.2) is 0 Å². The molecule has 0 aromatic carbocycles. The van der Waals surface area contributed by atoms with Crippen molar-refractivity contribution in [2.75, 3.05) is 13.7 Å². The lowest BCUT2D eigenvalue weighted by molar-refractivity contribution is 0.0210. The molecule has 0 radical (unpaired) electrons. The Morgan fingerprint density at radius 2 is 2.19 bits per heavy atom. The maximum Gasteiger partial charge on any atom is 0.0931 e. The molecule has 1 N–H and O–H groups in total. The van der Waals surface area contributed by atoms with E-state index in [9.17, 15) is 0 Å². The van der Waals surface area contributed by atoms with Gasteiger partial charge in [-0.25, -0.2) is 0 Å². The van der Waals surface area contributed by atoms with Crippen molar-refractivity contribution in [1.29, 1.82) is 0 Å². The second-order valence-electron chi connectivity index (χ2n) is 4.45. The first-order valence-electron chi connectivity index (χ1n) is 5.52. The minimum Gasteiger partial charge on any atom is -0.377 e. The maximum atomic E-state index is 5.94.